The van der Waals surface area contributed by atoms with Crippen LogP contribution in [0.5, 0.6) is 0 Å². The van der Waals surface area contributed by atoms with Crippen molar-refractivity contribution in [2.24, 2.45) is 0 Å². The predicted octanol–water partition coefficient (Wildman–Crippen LogP) is 3.87. The van der Waals surface area contributed by atoms with Gasteiger partial charge in [0.25, 0.3) is 0 Å². The van der Waals surface area contributed by atoms with E-state index in [0.29, 0.717) is 0 Å². The average molecular weight is 279 g/mol. The lowest BCUT2D eigenvalue weighted by atomic mass is 10.0. The van der Waals surface area contributed by atoms with E-state index in [0.717, 1.165) is 0 Å². The van der Waals surface area contributed by atoms with Gasteiger partial charge in [0.2, 0.25) is 0 Å². The van der Waals surface area contributed by atoms with E-state index >= 15 is 0 Å². The minimum absolute atomic E-state index is 0.240. The lowest BCUT2D eigenvalue weighted by molar-refractivity contribution is -0.142. The quantitative estimate of drug-likeness (QED) is 0.773. The van der Waals surface area contributed by atoms with Crippen molar-refractivity contribution in [2.75, 3.05) is 0 Å². The molecule has 0 aromatic heterocycles. The van der Waals surface area contributed by atoms with Crippen LogP contribution in [0.25, 0.3) is 0 Å². The van der Waals surface area contributed by atoms with Gasteiger partial charge in [0, 0.05) is 5.56 Å². The molecule has 0 fully saturated rings. The van der Waals surface area contributed by atoms with Gasteiger partial charge in [-0.15, -0.1) is 0 Å². The Balaban J connectivity index is 3.49. The predicted molar refractivity (Wildman–Crippen MR) is 47.4 cm³/mol. The maximum absolute atomic E-state index is 12.4. The second kappa shape index (κ2) is 4.38. The first kappa shape index (κ1) is 14.1. The summed E-state index contributed by atoms with van der Waals surface area (Å²) in [7, 11) is 0. The van der Waals surface area contributed by atoms with E-state index in [9.17, 15) is 26.3 Å². The molecule has 0 saturated carbocycles. The molecular weight excluding hydrogens is 274 g/mol. The second-order valence-electron chi connectivity index (χ2n) is 3.11. The molecule has 1 nitrogen and oxygen atoms in total. The second-order valence-corrected chi connectivity index (χ2v) is 3.48. The smallest absolute Gasteiger partial charge is 0.392 e. The van der Waals surface area contributed by atoms with E-state index in [1.165, 1.54) is 0 Å². The molecule has 0 aliphatic heterocycles. The van der Waals surface area contributed by atoms with Crippen LogP contribution < -0.4 is 0 Å². The third kappa shape index (κ3) is 2.84. The van der Waals surface area contributed by atoms with Crippen molar-refractivity contribution in [1.29, 1.82) is 0 Å². The highest BCUT2D eigenvalue weighted by Crippen LogP contribution is 2.41. The topological polar surface area (TPSA) is 20.2 Å². The summed E-state index contributed by atoms with van der Waals surface area (Å²) in [5, 5.41) is 7.57. The maximum atomic E-state index is 12.4. The molecule has 0 amide bonds. The summed E-state index contributed by atoms with van der Waals surface area (Å²) < 4.78 is 74.2. The number of aliphatic hydroxyl groups excluding tert-OH is 1. The van der Waals surface area contributed by atoms with Gasteiger partial charge in [-0.2, -0.15) is 26.3 Å². The molecule has 1 aromatic rings. The molecular formula is C9H5ClF6O. The zero-order chi connectivity index (χ0) is 13.4. The molecule has 0 radical (unpaired) electrons. The minimum atomic E-state index is -4.87. The van der Waals surface area contributed by atoms with Crippen LogP contribution in [0, 0.1) is 0 Å². The van der Waals surface area contributed by atoms with Gasteiger partial charge in [0.1, 0.15) is 0 Å². The standard InChI is InChI=1S/C9H5ClF6O/c10-7-4(3-17)5(8(11,12)13)1-2-6(7)9(14,15)16/h1-2,17H,3H2. The molecule has 0 spiro atoms. The molecule has 0 aliphatic rings. The monoisotopic (exact) mass is 278 g/mol. The van der Waals surface area contributed by atoms with Gasteiger partial charge >= 0.3 is 12.4 Å². The van der Waals surface area contributed by atoms with Crippen LogP contribution in [-0.2, 0) is 19.0 Å². The summed E-state index contributed by atoms with van der Waals surface area (Å²) in [6.45, 7) is -1.22. The fourth-order valence-electron chi connectivity index (χ4n) is 1.26. The van der Waals surface area contributed by atoms with Crippen LogP contribution in [0.15, 0.2) is 12.1 Å². The summed E-state index contributed by atoms with van der Waals surface area (Å²) in [5.41, 5.74) is -3.76. The Kier molecular flexibility index (Phi) is 3.63. The lowest BCUT2D eigenvalue weighted by Crippen LogP contribution is -2.14. The summed E-state index contributed by atoms with van der Waals surface area (Å²) in [4.78, 5) is 0. The number of rotatable bonds is 1. The summed E-state index contributed by atoms with van der Waals surface area (Å²) >= 11 is 5.22. The maximum Gasteiger partial charge on any atom is 0.417 e. The molecule has 0 heterocycles. The number of hydrogen-bond acceptors (Lipinski definition) is 1. The van der Waals surface area contributed by atoms with Gasteiger partial charge in [-0.25, -0.2) is 0 Å². The number of halogens is 7. The highest BCUT2D eigenvalue weighted by Gasteiger charge is 2.39. The average Bonchev–Trinajstić information content (AvgIpc) is 2.13. The normalized spacial score (nSPS) is 12.9. The van der Waals surface area contributed by atoms with E-state index in [2.05, 4.69) is 0 Å². The van der Waals surface area contributed by atoms with Crippen LogP contribution >= 0.6 is 11.6 Å². The molecule has 0 unspecified atom stereocenters. The van der Waals surface area contributed by atoms with Crippen LogP contribution in [0.2, 0.25) is 5.02 Å². The number of alkyl halides is 6. The number of aliphatic hydroxyl groups is 1. The first-order valence-electron chi connectivity index (χ1n) is 4.15. The zero-order valence-electron chi connectivity index (χ0n) is 7.95. The summed E-state index contributed by atoms with van der Waals surface area (Å²) in [6.07, 6.45) is -9.74. The van der Waals surface area contributed by atoms with Gasteiger partial charge in [-0.05, 0) is 12.1 Å². The SMILES string of the molecule is OCc1c(C(F)(F)F)ccc(C(F)(F)F)c1Cl. The van der Waals surface area contributed by atoms with E-state index in [-0.39, 0.29) is 12.1 Å². The van der Waals surface area contributed by atoms with Crippen LogP contribution in [0.1, 0.15) is 16.7 Å². The molecule has 0 atom stereocenters. The Morgan fingerprint density at radius 3 is 1.71 bits per heavy atom. The molecule has 1 rings (SSSR count). The van der Waals surface area contributed by atoms with Crippen LogP contribution in [-0.4, -0.2) is 5.11 Å². The van der Waals surface area contributed by atoms with Gasteiger partial charge in [-0.1, -0.05) is 11.6 Å². The number of benzene rings is 1. The van der Waals surface area contributed by atoms with E-state index < -0.39 is 40.7 Å². The Morgan fingerprint density at radius 2 is 1.35 bits per heavy atom. The Hall–Kier alpha value is -0.950. The van der Waals surface area contributed by atoms with Crippen molar-refractivity contribution >= 4 is 11.6 Å². The van der Waals surface area contributed by atoms with Crippen molar-refractivity contribution in [2.45, 2.75) is 19.0 Å². The zero-order valence-corrected chi connectivity index (χ0v) is 8.71. The Labute approximate surface area is 96.6 Å². The van der Waals surface area contributed by atoms with Gasteiger partial charge < -0.3 is 5.11 Å². The van der Waals surface area contributed by atoms with Crippen molar-refractivity contribution < 1.29 is 31.4 Å². The lowest BCUT2D eigenvalue weighted by Gasteiger charge is -2.16. The Morgan fingerprint density at radius 1 is 0.941 bits per heavy atom. The van der Waals surface area contributed by atoms with E-state index in [1.807, 2.05) is 0 Å². The van der Waals surface area contributed by atoms with Gasteiger partial charge in [-0.3, -0.25) is 0 Å². The van der Waals surface area contributed by atoms with Crippen LogP contribution in [0.4, 0.5) is 26.3 Å². The molecule has 1 aromatic carbocycles. The minimum Gasteiger partial charge on any atom is -0.392 e. The first-order valence-corrected chi connectivity index (χ1v) is 4.53. The largest absolute Gasteiger partial charge is 0.417 e. The van der Waals surface area contributed by atoms with Crippen molar-refractivity contribution in [3.63, 3.8) is 0 Å². The fraction of sp³-hybridized carbons (Fsp3) is 0.333. The summed E-state index contributed by atoms with van der Waals surface area (Å²) in [6, 6.07) is 0.491. The van der Waals surface area contributed by atoms with E-state index in [4.69, 9.17) is 16.7 Å². The highest BCUT2D eigenvalue weighted by atomic mass is 35.5. The molecule has 0 saturated heterocycles. The first-order chi connectivity index (χ1) is 7.59. The third-order valence-corrected chi connectivity index (χ3v) is 2.44. The van der Waals surface area contributed by atoms with Crippen molar-refractivity contribution in [3.8, 4) is 0 Å². The molecule has 1 N–H and O–H groups in total. The van der Waals surface area contributed by atoms with Gasteiger partial charge in [0.15, 0.2) is 0 Å². The van der Waals surface area contributed by atoms with Gasteiger partial charge in [0.05, 0.1) is 22.8 Å². The van der Waals surface area contributed by atoms with E-state index in [1.54, 1.807) is 0 Å². The van der Waals surface area contributed by atoms with Crippen LogP contribution in [0.3, 0.4) is 0 Å². The van der Waals surface area contributed by atoms with Crippen molar-refractivity contribution in [3.05, 3.63) is 33.8 Å². The molecule has 0 aliphatic carbocycles. The Bertz CT molecular complexity index is 423. The molecule has 17 heavy (non-hydrogen) atoms. The molecule has 96 valence electrons. The fourth-order valence-corrected chi connectivity index (χ4v) is 1.59. The highest BCUT2D eigenvalue weighted by molar-refractivity contribution is 6.32. The summed E-state index contributed by atoms with van der Waals surface area (Å²) in [5.74, 6) is 0. The number of hydrogen-bond donors (Lipinski definition) is 1. The molecule has 0 bridgehead atoms. The third-order valence-electron chi connectivity index (χ3n) is 2.01. The molecule has 8 heteroatoms. The van der Waals surface area contributed by atoms with Crippen molar-refractivity contribution in [1.82, 2.24) is 0 Å².